The Morgan fingerprint density at radius 3 is 0.857 bits per heavy atom. The van der Waals surface area contributed by atoms with E-state index in [0.717, 1.165) is 0 Å². The van der Waals surface area contributed by atoms with Crippen LogP contribution in [0.3, 0.4) is 0 Å². The fourth-order valence-corrected chi connectivity index (χ4v) is 7.51. The molecule has 0 aliphatic heterocycles. The predicted octanol–water partition coefficient (Wildman–Crippen LogP) is 3.12. The maximum Gasteiger partial charge on any atom is 0.503 e. The molecule has 0 saturated carbocycles. The molecule has 10 heteroatoms. The molecule has 0 aliphatic carbocycles. The predicted molar refractivity (Wildman–Crippen MR) is 113 cm³/mol. The van der Waals surface area contributed by atoms with Crippen molar-refractivity contribution in [3.63, 3.8) is 0 Å². The van der Waals surface area contributed by atoms with E-state index in [4.69, 9.17) is 36.0 Å². The fourth-order valence-electron chi connectivity index (χ4n) is 2.72. The van der Waals surface area contributed by atoms with E-state index in [0.29, 0.717) is 78.2 Å². The van der Waals surface area contributed by atoms with Crippen molar-refractivity contribution < 1.29 is 36.0 Å². The third kappa shape index (κ3) is 12.0. The van der Waals surface area contributed by atoms with Gasteiger partial charge < -0.3 is 36.0 Å². The Morgan fingerprint density at radius 2 is 0.643 bits per heavy atom. The minimum Gasteiger partial charge on any atom is -0.379 e. The zero-order valence-electron chi connectivity index (χ0n) is 18.8. The van der Waals surface area contributed by atoms with Gasteiger partial charge in [-0.25, -0.2) is 0 Å². The Labute approximate surface area is 173 Å². The minimum absolute atomic E-state index is 0.501. The molecule has 8 nitrogen and oxygen atoms in total. The van der Waals surface area contributed by atoms with Gasteiger partial charge in [-0.05, 0) is 41.5 Å². The molecule has 0 aromatic rings. The summed E-state index contributed by atoms with van der Waals surface area (Å²) in [6.07, 6.45) is 0. The lowest BCUT2D eigenvalue weighted by molar-refractivity contribution is 0.0290. The molecule has 0 aromatic carbocycles. The molecule has 28 heavy (non-hydrogen) atoms. The van der Waals surface area contributed by atoms with Crippen LogP contribution in [0.1, 0.15) is 41.5 Å². The van der Waals surface area contributed by atoms with E-state index in [2.05, 4.69) is 0 Å². The van der Waals surface area contributed by atoms with Crippen LogP contribution in [0, 0.1) is 0 Å². The Hall–Kier alpha value is 0.114. The summed E-state index contributed by atoms with van der Waals surface area (Å²) in [4.78, 5) is 0. The third-order valence-corrected chi connectivity index (χ3v) is 9.67. The molecule has 0 saturated heterocycles. The van der Waals surface area contributed by atoms with Crippen LogP contribution in [0.2, 0.25) is 12.1 Å². The van der Waals surface area contributed by atoms with E-state index >= 15 is 0 Å². The quantitative estimate of drug-likeness (QED) is 0.198. The molecule has 0 aliphatic rings. The van der Waals surface area contributed by atoms with E-state index in [1.54, 1.807) is 0 Å². The summed E-state index contributed by atoms with van der Waals surface area (Å²) in [6, 6.07) is 1.27. The second kappa shape index (κ2) is 17.9. The third-order valence-electron chi connectivity index (χ3n) is 3.66. The van der Waals surface area contributed by atoms with Crippen LogP contribution in [0.25, 0.3) is 0 Å². The molecule has 0 heterocycles. The van der Waals surface area contributed by atoms with E-state index in [-0.39, 0.29) is 0 Å². The Bertz CT molecular complexity index is 284. The highest BCUT2D eigenvalue weighted by Gasteiger charge is 2.40. The first kappa shape index (κ1) is 28.1. The zero-order valence-corrected chi connectivity index (χ0v) is 20.8. The van der Waals surface area contributed by atoms with Gasteiger partial charge >= 0.3 is 17.6 Å². The lowest BCUT2D eigenvalue weighted by atomic mass is 10.7. The van der Waals surface area contributed by atoms with E-state index in [1.807, 2.05) is 41.5 Å². The first-order valence-corrected chi connectivity index (χ1v) is 14.4. The highest BCUT2D eigenvalue weighted by molar-refractivity contribution is 6.61. The first-order chi connectivity index (χ1) is 13.6. The van der Waals surface area contributed by atoms with Crippen LogP contribution < -0.4 is 0 Å². The molecular weight excluding hydrogens is 400 g/mol. The monoisotopic (exact) mass is 442 g/mol. The van der Waals surface area contributed by atoms with Crippen LogP contribution in [-0.2, 0) is 36.0 Å². The lowest BCUT2D eigenvalue weighted by Crippen LogP contribution is -2.47. The van der Waals surface area contributed by atoms with Gasteiger partial charge in [-0.3, -0.25) is 0 Å². The zero-order chi connectivity index (χ0) is 21.1. The van der Waals surface area contributed by atoms with Crippen molar-refractivity contribution in [2.45, 2.75) is 53.6 Å². The molecule has 170 valence electrons. The number of rotatable bonds is 21. The Kier molecular flexibility index (Phi) is 18.0. The molecular formula is C18H42O8Si2. The molecule has 0 bridgehead atoms. The van der Waals surface area contributed by atoms with Gasteiger partial charge in [0.1, 0.15) is 0 Å². The van der Waals surface area contributed by atoms with Gasteiger partial charge in [0.05, 0.1) is 26.4 Å². The lowest BCUT2D eigenvalue weighted by Gasteiger charge is -2.28. The van der Waals surface area contributed by atoms with Crippen molar-refractivity contribution in [3.05, 3.63) is 0 Å². The first-order valence-electron chi connectivity index (χ1n) is 10.6. The SMILES string of the molecule is CCO[Si](CCOCCOCC[Si](OCC)(OCC)OCC)(OCC)OCC. The van der Waals surface area contributed by atoms with Gasteiger partial charge in [-0.1, -0.05) is 0 Å². The second-order valence-corrected chi connectivity index (χ2v) is 11.2. The molecule has 0 aromatic heterocycles. The molecule has 0 fully saturated rings. The molecule has 0 atom stereocenters. The molecule has 0 unspecified atom stereocenters. The minimum atomic E-state index is -2.63. The van der Waals surface area contributed by atoms with Gasteiger partial charge in [0.2, 0.25) is 0 Å². The van der Waals surface area contributed by atoms with Crippen LogP contribution in [0.15, 0.2) is 0 Å². The molecule has 0 N–H and O–H groups in total. The molecule has 0 rings (SSSR count). The van der Waals surface area contributed by atoms with Crippen molar-refractivity contribution in [1.29, 1.82) is 0 Å². The smallest absolute Gasteiger partial charge is 0.379 e. The van der Waals surface area contributed by atoms with Crippen molar-refractivity contribution in [3.8, 4) is 0 Å². The van der Waals surface area contributed by atoms with Crippen molar-refractivity contribution in [1.82, 2.24) is 0 Å². The van der Waals surface area contributed by atoms with Crippen molar-refractivity contribution in [2.75, 3.05) is 66.1 Å². The Morgan fingerprint density at radius 1 is 0.393 bits per heavy atom. The van der Waals surface area contributed by atoms with Gasteiger partial charge in [-0.2, -0.15) is 0 Å². The van der Waals surface area contributed by atoms with Gasteiger partial charge in [0.15, 0.2) is 0 Å². The summed E-state index contributed by atoms with van der Waals surface area (Å²) in [7, 11) is -5.27. The maximum atomic E-state index is 5.81. The number of ether oxygens (including phenoxy) is 2. The van der Waals surface area contributed by atoms with Crippen LogP contribution >= 0.6 is 0 Å². The fraction of sp³-hybridized carbons (Fsp3) is 1.00. The van der Waals surface area contributed by atoms with E-state index in [9.17, 15) is 0 Å². The van der Waals surface area contributed by atoms with Crippen LogP contribution in [0.5, 0.6) is 0 Å². The van der Waals surface area contributed by atoms with E-state index in [1.165, 1.54) is 0 Å². The van der Waals surface area contributed by atoms with Gasteiger partial charge in [0, 0.05) is 51.7 Å². The standard InChI is InChI=1S/C18H42O8Si2/c1-7-21-27(22-8-2,23-9-3)17-15-19-13-14-20-16-18-28(24-10-4,25-11-5)26-12-6/h7-18H2,1-6H3. The Balaban J connectivity index is 4.14. The van der Waals surface area contributed by atoms with Crippen molar-refractivity contribution in [2.24, 2.45) is 0 Å². The average molecular weight is 443 g/mol. The molecule has 0 spiro atoms. The summed E-state index contributed by atoms with van der Waals surface area (Å²) < 4.78 is 46.2. The molecule has 0 radical (unpaired) electrons. The highest BCUT2D eigenvalue weighted by atomic mass is 28.4. The van der Waals surface area contributed by atoms with E-state index < -0.39 is 17.6 Å². The summed E-state index contributed by atoms with van der Waals surface area (Å²) in [5.41, 5.74) is 0. The summed E-state index contributed by atoms with van der Waals surface area (Å²) in [5, 5.41) is 0. The summed E-state index contributed by atoms with van der Waals surface area (Å²) >= 11 is 0. The summed E-state index contributed by atoms with van der Waals surface area (Å²) in [5.74, 6) is 0. The molecule has 0 amide bonds. The topological polar surface area (TPSA) is 73.8 Å². The van der Waals surface area contributed by atoms with Gasteiger partial charge in [0.25, 0.3) is 0 Å². The maximum absolute atomic E-state index is 5.81. The number of hydrogen-bond donors (Lipinski definition) is 0. The van der Waals surface area contributed by atoms with Crippen LogP contribution in [-0.4, -0.2) is 83.7 Å². The van der Waals surface area contributed by atoms with Crippen molar-refractivity contribution >= 4 is 17.6 Å². The number of hydrogen-bond acceptors (Lipinski definition) is 8. The second-order valence-electron chi connectivity index (χ2n) is 5.69. The van der Waals surface area contributed by atoms with Crippen LogP contribution in [0.4, 0.5) is 0 Å². The highest BCUT2D eigenvalue weighted by Crippen LogP contribution is 2.17. The van der Waals surface area contributed by atoms with Gasteiger partial charge in [-0.15, -0.1) is 0 Å². The summed E-state index contributed by atoms with van der Waals surface area (Å²) in [6.45, 7) is 17.2. The normalized spacial score (nSPS) is 12.6. The largest absolute Gasteiger partial charge is 0.503 e. The average Bonchev–Trinajstić information content (AvgIpc) is 2.65.